The molecule has 0 saturated carbocycles. The number of anilines is 1. The van der Waals surface area contributed by atoms with Crippen LogP contribution in [0.15, 0.2) is 46.9 Å². The van der Waals surface area contributed by atoms with Crippen molar-refractivity contribution in [3.63, 3.8) is 0 Å². The number of aliphatic hydroxyl groups excluding tert-OH is 1. The first kappa shape index (κ1) is 14.4. The lowest BCUT2D eigenvalue weighted by Gasteiger charge is -2.22. The zero-order chi connectivity index (χ0) is 13.8. The van der Waals surface area contributed by atoms with E-state index in [-0.39, 0.29) is 6.61 Å². The van der Waals surface area contributed by atoms with E-state index in [1.54, 1.807) is 0 Å². The lowest BCUT2D eigenvalue weighted by molar-refractivity contribution is 0.282. The zero-order valence-electron chi connectivity index (χ0n) is 10.6. The van der Waals surface area contributed by atoms with Crippen LogP contribution in [0.2, 0.25) is 5.02 Å². The SMILES string of the molecule is CN(Cc1ccc(Cl)cc1)c1ccc(Br)cc1CO. The van der Waals surface area contributed by atoms with Crippen molar-refractivity contribution in [1.82, 2.24) is 0 Å². The Balaban J connectivity index is 2.19. The van der Waals surface area contributed by atoms with Gasteiger partial charge in [0, 0.05) is 34.3 Å². The predicted octanol–water partition coefficient (Wildman–Crippen LogP) is 4.23. The Morgan fingerprint density at radius 2 is 1.84 bits per heavy atom. The standard InChI is InChI=1S/C15H15BrClNO/c1-18(9-11-2-5-14(17)6-3-11)15-7-4-13(16)8-12(15)10-19/h2-8,19H,9-10H2,1H3. The van der Waals surface area contributed by atoms with E-state index in [1.807, 2.05) is 49.5 Å². The molecule has 100 valence electrons. The van der Waals surface area contributed by atoms with Crippen molar-refractivity contribution in [3.8, 4) is 0 Å². The van der Waals surface area contributed by atoms with Gasteiger partial charge in [0.05, 0.1) is 6.61 Å². The van der Waals surface area contributed by atoms with Crippen LogP contribution in [-0.4, -0.2) is 12.2 Å². The molecule has 0 aliphatic carbocycles. The molecule has 19 heavy (non-hydrogen) atoms. The molecule has 0 saturated heterocycles. The van der Waals surface area contributed by atoms with E-state index in [9.17, 15) is 5.11 Å². The van der Waals surface area contributed by atoms with Gasteiger partial charge in [-0.1, -0.05) is 39.7 Å². The summed E-state index contributed by atoms with van der Waals surface area (Å²) in [5, 5.41) is 10.2. The summed E-state index contributed by atoms with van der Waals surface area (Å²) in [6.07, 6.45) is 0. The van der Waals surface area contributed by atoms with Crippen molar-refractivity contribution in [2.24, 2.45) is 0 Å². The van der Waals surface area contributed by atoms with Gasteiger partial charge in [-0.15, -0.1) is 0 Å². The van der Waals surface area contributed by atoms with Crippen LogP contribution in [0.5, 0.6) is 0 Å². The molecule has 0 radical (unpaired) electrons. The summed E-state index contributed by atoms with van der Waals surface area (Å²) < 4.78 is 0.972. The maximum absolute atomic E-state index is 9.43. The largest absolute Gasteiger partial charge is 0.392 e. The maximum Gasteiger partial charge on any atom is 0.0702 e. The molecule has 4 heteroatoms. The first-order valence-electron chi connectivity index (χ1n) is 5.95. The second-order valence-electron chi connectivity index (χ2n) is 4.41. The maximum atomic E-state index is 9.43. The summed E-state index contributed by atoms with van der Waals surface area (Å²) in [6.45, 7) is 0.797. The van der Waals surface area contributed by atoms with Crippen LogP contribution in [0.1, 0.15) is 11.1 Å². The molecule has 1 N–H and O–H groups in total. The van der Waals surface area contributed by atoms with Gasteiger partial charge in [-0.25, -0.2) is 0 Å². The molecule has 0 bridgehead atoms. The highest BCUT2D eigenvalue weighted by molar-refractivity contribution is 9.10. The van der Waals surface area contributed by atoms with Gasteiger partial charge in [-0.05, 0) is 35.9 Å². The Kier molecular flexibility index (Phi) is 4.86. The van der Waals surface area contributed by atoms with Gasteiger partial charge < -0.3 is 10.0 Å². The number of halogens is 2. The Bertz CT molecular complexity index is 557. The fourth-order valence-electron chi connectivity index (χ4n) is 2.00. The van der Waals surface area contributed by atoms with Gasteiger partial charge in [-0.3, -0.25) is 0 Å². The van der Waals surface area contributed by atoms with E-state index in [4.69, 9.17) is 11.6 Å². The first-order valence-corrected chi connectivity index (χ1v) is 7.12. The number of hydrogen-bond donors (Lipinski definition) is 1. The van der Waals surface area contributed by atoms with Crippen molar-refractivity contribution in [1.29, 1.82) is 0 Å². The molecule has 0 aliphatic heterocycles. The van der Waals surface area contributed by atoms with Crippen LogP contribution in [0.4, 0.5) is 5.69 Å². The molecule has 0 atom stereocenters. The summed E-state index contributed by atoms with van der Waals surface area (Å²) in [5.41, 5.74) is 3.12. The molecule has 2 aromatic rings. The average molecular weight is 341 g/mol. The molecule has 0 unspecified atom stereocenters. The topological polar surface area (TPSA) is 23.5 Å². The van der Waals surface area contributed by atoms with Gasteiger partial charge in [-0.2, -0.15) is 0 Å². The molecular weight excluding hydrogens is 326 g/mol. The first-order chi connectivity index (χ1) is 9.10. The highest BCUT2D eigenvalue weighted by atomic mass is 79.9. The molecule has 0 fully saturated rings. The van der Waals surface area contributed by atoms with Crippen molar-refractivity contribution < 1.29 is 5.11 Å². The van der Waals surface area contributed by atoms with E-state index < -0.39 is 0 Å². The lowest BCUT2D eigenvalue weighted by atomic mass is 10.1. The fraction of sp³-hybridized carbons (Fsp3) is 0.200. The van der Waals surface area contributed by atoms with Gasteiger partial charge in [0.25, 0.3) is 0 Å². The van der Waals surface area contributed by atoms with Gasteiger partial charge in [0.2, 0.25) is 0 Å². The molecule has 2 aromatic carbocycles. The number of nitrogens with zero attached hydrogens (tertiary/aromatic N) is 1. The molecular formula is C15H15BrClNO. The minimum Gasteiger partial charge on any atom is -0.392 e. The number of rotatable bonds is 4. The third kappa shape index (κ3) is 3.72. The Labute approximate surface area is 126 Å². The Morgan fingerprint density at radius 1 is 1.16 bits per heavy atom. The highest BCUT2D eigenvalue weighted by Gasteiger charge is 2.08. The zero-order valence-corrected chi connectivity index (χ0v) is 12.9. The Morgan fingerprint density at radius 3 is 2.47 bits per heavy atom. The van der Waals surface area contributed by atoms with Crippen LogP contribution in [0.25, 0.3) is 0 Å². The van der Waals surface area contributed by atoms with E-state index in [2.05, 4.69) is 20.8 Å². The molecule has 0 aliphatic rings. The summed E-state index contributed by atoms with van der Waals surface area (Å²) in [7, 11) is 2.01. The van der Waals surface area contributed by atoms with Crippen molar-refractivity contribution in [2.45, 2.75) is 13.2 Å². The molecule has 2 nitrogen and oxygen atoms in total. The predicted molar refractivity (Wildman–Crippen MR) is 83.6 cm³/mol. The average Bonchev–Trinajstić information content (AvgIpc) is 2.41. The van der Waals surface area contributed by atoms with Crippen LogP contribution >= 0.6 is 27.5 Å². The number of hydrogen-bond acceptors (Lipinski definition) is 2. The molecule has 0 amide bonds. The fourth-order valence-corrected chi connectivity index (χ4v) is 2.54. The number of aliphatic hydroxyl groups is 1. The van der Waals surface area contributed by atoms with Crippen LogP contribution in [0.3, 0.4) is 0 Å². The van der Waals surface area contributed by atoms with Crippen LogP contribution in [0, 0.1) is 0 Å². The van der Waals surface area contributed by atoms with Gasteiger partial charge in [0.15, 0.2) is 0 Å². The molecule has 0 aromatic heterocycles. The van der Waals surface area contributed by atoms with E-state index in [0.717, 1.165) is 27.3 Å². The molecule has 0 spiro atoms. The lowest BCUT2D eigenvalue weighted by Crippen LogP contribution is -2.18. The summed E-state index contributed by atoms with van der Waals surface area (Å²) in [4.78, 5) is 2.11. The van der Waals surface area contributed by atoms with Gasteiger partial charge >= 0.3 is 0 Å². The third-order valence-corrected chi connectivity index (χ3v) is 3.70. The summed E-state index contributed by atoms with van der Waals surface area (Å²) in [6, 6.07) is 13.7. The minimum atomic E-state index is 0.0275. The number of benzene rings is 2. The second kappa shape index (κ2) is 6.42. The Hall–Kier alpha value is -1.03. The monoisotopic (exact) mass is 339 g/mol. The highest BCUT2D eigenvalue weighted by Crippen LogP contribution is 2.25. The van der Waals surface area contributed by atoms with E-state index >= 15 is 0 Å². The summed E-state index contributed by atoms with van der Waals surface area (Å²) in [5.74, 6) is 0. The van der Waals surface area contributed by atoms with E-state index in [1.165, 1.54) is 5.56 Å². The van der Waals surface area contributed by atoms with Crippen molar-refractivity contribution in [3.05, 3.63) is 63.1 Å². The molecule has 2 rings (SSSR count). The van der Waals surface area contributed by atoms with Crippen LogP contribution < -0.4 is 4.90 Å². The van der Waals surface area contributed by atoms with Crippen LogP contribution in [-0.2, 0) is 13.2 Å². The van der Waals surface area contributed by atoms with Crippen molar-refractivity contribution in [2.75, 3.05) is 11.9 Å². The van der Waals surface area contributed by atoms with E-state index in [0.29, 0.717) is 0 Å². The van der Waals surface area contributed by atoms with Gasteiger partial charge in [0.1, 0.15) is 0 Å². The molecule has 0 heterocycles. The smallest absolute Gasteiger partial charge is 0.0702 e. The quantitative estimate of drug-likeness (QED) is 0.900. The van der Waals surface area contributed by atoms with Crippen molar-refractivity contribution >= 4 is 33.2 Å². The summed E-state index contributed by atoms with van der Waals surface area (Å²) >= 11 is 9.30. The second-order valence-corrected chi connectivity index (χ2v) is 5.77. The third-order valence-electron chi connectivity index (χ3n) is 2.96. The minimum absolute atomic E-state index is 0.0275. The normalized spacial score (nSPS) is 10.5.